The van der Waals surface area contributed by atoms with Gasteiger partial charge in [-0.1, -0.05) is 18.2 Å². The number of aliphatic hydroxyl groups is 1. The summed E-state index contributed by atoms with van der Waals surface area (Å²) in [6, 6.07) is 11.1. The molecule has 144 valence electrons. The first-order chi connectivity index (χ1) is 13.2. The summed E-state index contributed by atoms with van der Waals surface area (Å²) in [4.78, 5) is 0. The van der Waals surface area contributed by atoms with Crippen molar-refractivity contribution in [3.05, 3.63) is 53.1 Å². The molecule has 0 bridgehead atoms. The van der Waals surface area contributed by atoms with Crippen LogP contribution in [0.15, 0.2) is 36.4 Å². The van der Waals surface area contributed by atoms with Crippen molar-refractivity contribution in [2.75, 3.05) is 27.4 Å². The predicted molar refractivity (Wildman–Crippen MR) is 97.9 cm³/mol. The highest BCUT2D eigenvalue weighted by Crippen LogP contribution is 2.51. The van der Waals surface area contributed by atoms with Crippen molar-refractivity contribution in [3.8, 4) is 17.2 Å². The lowest BCUT2D eigenvalue weighted by molar-refractivity contribution is 0.0191. The van der Waals surface area contributed by atoms with Crippen LogP contribution in [0.2, 0.25) is 0 Å². The molecule has 6 nitrogen and oxygen atoms in total. The monoisotopic (exact) mass is 372 g/mol. The Morgan fingerprint density at radius 2 is 1.44 bits per heavy atom. The molecule has 0 aliphatic carbocycles. The van der Waals surface area contributed by atoms with Crippen LogP contribution < -0.4 is 9.47 Å². The molecule has 2 aliphatic rings. The van der Waals surface area contributed by atoms with Crippen LogP contribution in [-0.2, 0) is 16.1 Å². The van der Waals surface area contributed by atoms with Crippen LogP contribution in [0.5, 0.6) is 17.2 Å². The molecule has 2 aliphatic heterocycles. The van der Waals surface area contributed by atoms with Crippen LogP contribution in [0.25, 0.3) is 0 Å². The molecule has 0 radical (unpaired) electrons. The number of aliphatic hydroxyl groups excluding tert-OH is 1. The van der Waals surface area contributed by atoms with Gasteiger partial charge in [-0.05, 0) is 29.3 Å². The van der Waals surface area contributed by atoms with E-state index in [2.05, 4.69) is 0 Å². The zero-order valence-corrected chi connectivity index (χ0v) is 15.4. The Kier molecular flexibility index (Phi) is 4.95. The fraction of sp³-hybridized carbons (Fsp3) is 0.429. The van der Waals surface area contributed by atoms with Gasteiger partial charge in [0, 0.05) is 17.4 Å². The Morgan fingerprint density at radius 3 is 2.00 bits per heavy atom. The fourth-order valence-corrected chi connectivity index (χ4v) is 4.17. The highest BCUT2D eigenvalue weighted by Gasteiger charge is 2.48. The lowest BCUT2D eigenvalue weighted by Gasteiger charge is -2.18. The van der Waals surface area contributed by atoms with Gasteiger partial charge >= 0.3 is 0 Å². The molecule has 2 saturated heterocycles. The lowest BCUT2D eigenvalue weighted by Crippen LogP contribution is -2.14. The standard InChI is InChI=1S/C21H24O6/c1-24-18-7-12(3-4-14(18)9-22)20-15-10-27-21(16(15)11-26-20)13-5-6-17(23)19(8-13)25-2/h3-8,15-16,20-23H,9-11H2,1-2H3/t15-,16-,20-,21+/m0/s1. The zero-order valence-electron chi connectivity index (χ0n) is 15.4. The second-order valence-electron chi connectivity index (χ2n) is 7.00. The highest BCUT2D eigenvalue weighted by atomic mass is 16.5. The van der Waals surface area contributed by atoms with Crippen molar-refractivity contribution >= 4 is 0 Å². The quantitative estimate of drug-likeness (QED) is 0.840. The molecule has 0 spiro atoms. The van der Waals surface area contributed by atoms with Crippen molar-refractivity contribution in [1.29, 1.82) is 0 Å². The van der Waals surface area contributed by atoms with Gasteiger partial charge in [-0.15, -0.1) is 0 Å². The molecule has 6 heteroatoms. The number of benzene rings is 2. The Labute approximate surface area is 158 Å². The first-order valence-electron chi connectivity index (χ1n) is 9.04. The van der Waals surface area contributed by atoms with Crippen LogP contribution in [0.3, 0.4) is 0 Å². The maximum absolute atomic E-state index is 9.83. The molecular weight excluding hydrogens is 348 g/mol. The topological polar surface area (TPSA) is 77.4 Å². The third-order valence-electron chi connectivity index (χ3n) is 5.61. The molecule has 0 unspecified atom stereocenters. The smallest absolute Gasteiger partial charge is 0.160 e. The Balaban J connectivity index is 1.57. The van der Waals surface area contributed by atoms with Crippen molar-refractivity contribution in [1.82, 2.24) is 0 Å². The van der Waals surface area contributed by atoms with Gasteiger partial charge in [-0.25, -0.2) is 0 Å². The van der Waals surface area contributed by atoms with Crippen LogP contribution in [-0.4, -0.2) is 37.6 Å². The van der Waals surface area contributed by atoms with E-state index in [-0.39, 0.29) is 36.4 Å². The molecule has 4 atom stereocenters. The zero-order chi connectivity index (χ0) is 19.0. The maximum Gasteiger partial charge on any atom is 0.160 e. The number of phenols is 1. The lowest BCUT2D eigenvalue weighted by atomic mass is 9.84. The summed E-state index contributed by atoms with van der Waals surface area (Å²) in [5.74, 6) is 1.69. The number of rotatable bonds is 5. The number of phenolic OH excluding ortho intramolecular Hbond substituents is 1. The second kappa shape index (κ2) is 7.38. The Hall–Kier alpha value is -2.28. The van der Waals surface area contributed by atoms with Gasteiger partial charge in [0.1, 0.15) is 5.75 Å². The Morgan fingerprint density at radius 1 is 0.889 bits per heavy atom. The summed E-state index contributed by atoms with van der Waals surface area (Å²) in [5.41, 5.74) is 2.77. The predicted octanol–water partition coefficient (Wildman–Crippen LogP) is 2.98. The molecule has 2 fully saturated rings. The molecule has 0 saturated carbocycles. The van der Waals surface area contributed by atoms with E-state index in [1.807, 2.05) is 30.3 Å². The van der Waals surface area contributed by atoms with E-state index in [9.17, 15) is 10.2 Å². The van der Waals surface area contributed by atoms with Gasteiger partial charge in [0.2, 0.25) is 0 Å². The molecule has 2 aromatic rings. The first-order valence-corrected chi connectivity index (χ1v) is 9.04. The third-order valence-corrected chi connectivity index (χ3v) is 5.61. The average Bonchev–Trinajstić information content (AvgIpc) is 3.30. The minimum absolute atomic E-state index is 0.0606. The summed E-state index contributed by atoms with van der Waals surface area (Å²) in [7, 11) is 3.14. The summed E-state index contributed by atoms with van der Waals surface area (Å²) in [6.07, 6.45) is -0.159. The van der Waals surface area contributed by atoms with E-state index >= 15 is 0 Å². The van der Waals surface area contributed by atoms with Crippen molar-refractivity contribution in [2.24, 2.45) is 11.8 Å². The second-order valence-corrected chi connectivity index (χ2v) is 7.00. The summed E-state index contributed by atoms with van der Waals surface area (Å²) in [5, 5.41) is 19.2. The SMILES string of the molecule is COc1cc([C@H]2OC[C@H]3[C@@H]2CO[C@H]3c2ccc(CO)c(OC)c2)ccc1O. The van der Waals surface area contributed by atoms with Gasteiger partial charge in [0.25, 0.3) is 0 Å². The fourth-order valence-electron chi connectivity index (χ4n) is 4.17. The largest absolute Gasteiger partial charge is 0.504 e. The molecular formula is C21H24O6. The molecule has 0 amide bonds. The highest BCUT2D eigenvalue weighted by molar-refractivity contribution is 5.43. The number of hydrogen-bond donors (Lipinski definition) is 2. The molecule has 0 aromatic heterocycles. The molecule has 2 N–H and O–H groups in total. The summed E-state index contributed by atoms with van der Waals surface area (Å²) < 4.78 is 22.9. The van der Waals surface area contributed by atoms with E-state index in [4.69, 9.17) is 18.9 Å². The van der Waals surface area contributed by atoms with E-state index in [0.29, 0.717) is 24.7 Å². The molecule has 2 aromatic carbocycles. The van der Waals surface area contributed by atoms with Crippen LogP contribution in [0.1, 0.15) is 28.9 Å². The Bertz CT molecular complexity index is 820. The number of aromatic hydroxyl groups is 1. The van der Waals surface area contributed by atoms with Crippen molar-refractivity contribution < 1.29 is 29.2 Å². The minimum Gasteiger partial charge on any atom is -0.504 e. The number of hydrogen-bond acceptors (Lipinski definition) is 6. The minimum atomic E-state index is -0.0897. The van der Waals surface area contributed by atoms with E-state index < -0.39 is 0 Å². The van der Waals surface area contributed by atoms with E-state index in [1.165, 1.54) is 7.11 Å². The maximum atomic E-state index is 9.83. The van der Waals surface area contributed by atoms with Crippen LogP contribution in [0.4, 0.5) is 0 Å². The van der Waals surface area contributed by atoms with E-state index in [1.54, 1.807) is 13.2 Å². The van der Waals surface area contributed by atoms with Crippen molar-refractivity contribution in [3.63, 3.8) is 0 Å². The van der Waals surface area contributed by atoms with Gasteiger partial charge in [0.15, 0.2) is 11.5 Å². The van der Waals surface area contributed by atoms with Crippen LogP contribution in [0, 0.1) is 11.8 Å². The number of ether oxygens (including phenoxy) is 4. The molecule has 27 heavy (non-hydrogen) atoms. The normalized spacial score (nSPS) is 26.8. The third kappa shape index (κ3) is 3.14. The van der Waals surface area contributed by atoms with Crippen LogP contribution >= 0.6 is 0 Å². The average molecular weight is 372 g/mol. The van der Waals surface area contributed by atoms with Gasteiger partial charge in [0.05, 0.1) is 46.2 Å². The van der Waals surface area contributed by atoms with Gasteiger partial charge in [-0.2, -0.15) is 0 Å². The first kappa shape index (κ1) is 18.1. The summed E-state index contributed by atoms with van der Waals surface area (Å²) >= 11 is 0. The van der Waals surface area contributed by atoms with Crippen molar-refractivity contribution in [2.45, 2.75) is 18.8 Å². The van der Waals surface area contributed by atoms with E-state index in [0.717, 1.165) is 16.7 Å². The molecule has 4 rings (SSSR count). The summed E-state index contributed by atoms with van der Waals surface area (Å²) in [6.45, 7) is 1.15. The molecule has 2 heterocycles. The number of fused-ring (bicyclic) bond motifs is 1. The van der Waals surface area contributed by atoms with Gasteiger partial charge in [-0.3, -0.25) is 0 Å². The van der Waals surface area contributed by atoms with Gasteiger partial charge < -0.3 is 29.2 Å². The number of methoxy groups -OCH3 is 2.